The van der Waals surface area contributed by atoms with Gasteiger partial charge in [-0.3, -0.25) is 14.6 Å². The Balaban J connectivity index is 2.33. The minimum atomic E-state index is -0.273. The largest absolute Gasteiger partial charge is 0.334 e. The van der Waals surface area contributed by atoms with Crippen molar-refractivity contribution in [3.8, 4) is 0 Å². The third kappa shape index (κ3) is 3.86. The van der Waals surface area contributed by atoms with Crippen molar-refractivity contribution in [2.75, 3.05) is 7.05 Å². The molecule has 2 heterocycles. The number of pyridine rings is 2. The van der Waals surface area contributed by atoms with E-state index < -0.39 is 0 Å². The Morgan fingerprint density at radius 2 is 2.13 bits per heavy atom. The molecule has 0 aliphatic rings. The van der Waals surface area contributed by atoms with E-state index in [1.54, 1.807) is 49.7 Å². The number of hydrogen-bond acceptors (Lipinski definition) is 3. The lowest BCUT2D eigenvalue weighted by Gasteiger charge is -2.28. The van der Waals surface area contributed by atoms with Gasteiger partial charge in [-0.05, 0) is 30.2 Å². The number of aryl methyl sites for hydroxylation is 1. The van der Waals surface area contributed by atoms with Crippen molar-refractivity contribution >= 4 is 5.91 Å². The molecule has 0 saturated carbocycles. The first-order chi connectivity index (χ1) is 11.1. The first kappa shape index (κ1) is 16.9. The Morgan fingerprint density at radius 3 is 2.78 bits per heavy atom. The van der Waals surface area contributed by atoms with Gasteiger partial charge in [0.15, 0.2) is 0 Å². The Labute approximate surface area is 136 Å². The topological polar surface area (TPSA) is 55.2 Å². The fraction of sp³-hybridized carbons (Fsp3) is 0.389. The highest BCUT2D eigenvalue weighted by Gasteiger charge is 2.24. The maximum absolute atomic E-state index is 12.8. The quantitative estimate of drug-likeness (QED) is 0.824. The zero-order chi connectivity index (χ0) is 16.8. The molecule has 1 amide bonds. The number of unbranched alkanes of at least 4 members (excludes halogenated alkanes) is 1. The van der Waals surface area contributed by atoms with Crippen LogP contribution in [0, 0.1) is 0 Å². The van der Waals surface area contributed by atoms with Crippen molar-refractivity contribution in [1.82, 2.24) is 14.5 Å². The standard InChI is InChI=1S/C18H23N3O2/c1-4-5-10-16(14-8-6-11-19-13-14)21(3)18(23)15-9-7-12-20(2)17(15)22/h6-9,11-13,16H,4-5,10H2,1-3H3/t16-/m1/s1. The highest BCUT2D eigenvalue weighted by atomic mass is 16.2. The summed E-state index contributed by atoms with van der Waals surface area (Å²) in [5.74, 6) is -0.254. The van der Waals surface area contributed by atoms with E-state index in [0.29, 0.717) is 0 Å². The van der Waals surface area contributed by atoms with Crippen LogP contribution in [0.1, 0.15) is 48.1 Å². The van der Waals surface area contributed by atoms with Gasteiger partial charge < -0.3 is 9.47 Å². The molecule has 5 heteroatoms. The lowest BCUT2D eigenvalue weighted by Crippen LogP contribution is -2.36. The molecule has 2 rings (SSSR count). The third-order valence-corrected chi connectivity index (χ3v) is 4.04. The van der Waals surface area contributed by atoms with Crippen molar-refractivity contribution in [3.63, 3.8) is 0 Å². The molecule has 0 aliphatic carbocycles. The van der Waals surface area contributed by atoms with Gasteiger partial charge in [0.05, 0.1) is 6.04 Å². The molecule has 2 aromatic heterocycles. The molecule has 5 nitrogen and oxygen atoms in total. The molecule has 0 bridgehead atoms. The highest BCUT2D eigenvalue weighted by Crippen LogP contribution is 2.25. The lowest BCUT2D eigenvalue weighted by atomic mass is 10.0. The van der Waals surface area contributed by atoms with Crippen LogP contribution in [-0.4, -0.2) is 27.4 Å². The maximum Gasteiger partial charge on any atom is 0.263 e. The van der Waals surface area contributed by atoms with Crippen LogP contribution < -0.4 is 5.56 Å². The number of hydrogen-bond donors (Lipinski definition) is 0. The Kier molecular flexibility index (Phi) is 5.68. The number of carbonyl (C=O) groups excluding carboxylic acids is 1. The summed E-state index contributed by atoms with van der Waals surface area (Å²) >= 11 is 0. The van der Waals surface area contributed by atoms with E-state index >= 15 is 0 Å². The normalized spacial score (nSPS) is 12.0. The van der Waals surface area contributed by atoms with E-state index in [9.17, 15) is 9.59 Å². The smallest absolute Gasteiger partial charge is 0.263 e. The number of rotatable bonds is 6. The second-order valence-electron chi connectivity index (χ2n) is 5.70. The lowest BCUT2D eigenvalue weighted by molar-refractivity contribution is 0.0717. The van der Waals surface area contributed by atoms with Gasteiger partial charge in [-0.1, -0.05) is 25.8 Å². The molecule has 2 aromatic rings. The molecular weight excluding hydrogens is 290 g/mol. The minimum Gasteiger partial charge on any atom is -0.334 e. The van der Waals surface area contributed by atoms with Crippen molar-refractivity contribution in [2.45, 2.75) is 32.2 Å². The second-order valence-corrected chi connectivity index (χ2v) is 5.70. The van der Waals surface area contributed by atoms with Crippen LogP contribution in [0.5, 0.6) is 0 Å². The molecule has 0 aliphatic heterocycles. The van der Waals surface area contributed by atoms with Crippen molar-refractivity contribution in [1.29, 1.82) is 0 Å². The number of nitrogens with zero attached hydrogens (tertiary/aromatic N) is 3. The molecule has 0 radical (unpaired) electrons. The number of amides is 1. The average Bonchev–Trinajstić information content (AvgIpc) is 2.58. The zero-order valence-electron chi connectivity index (χ0n) is 13.9. The summed E-state index contributed by atoms with van der Waals surface area (Å²) in [5, 5.41) is 0. The number of aromatic nitrogens is 2. The van der Waals surface area contributed by atoms with E-state index in [0.717, 1.165) is 24.8 Å². The molecule has 23 heavy (non-hydrogen) atoms. The van der Waals surface area contributed by atoms with Crippen LogP contribution in [0.4, 0.5) is 0 Å². The fourth-order valence-electron chi connectivity index (χ4n) is 2.65. The molecule has 1 atom stereocenters. The summed E-state index contributed by atoms with van der Waals surface area (Å²) in [6, 6.07) is 7.06. The van der Waals surface area contributed by atoms with Crippen LogP contribution in [0.25, 0.3) is 0 Å². The van der Waals surface area contributed by atoms with Crippen LogP contribution in [0.3, 0.4) is 0 Å². The van der Waals surface area contributed by atoms with E-state index in [1.807, 2.05) is 12.1 Å². The van der Waals surface area contributed by atoms with Gasteiger partial charge in [-0.15, -0.1) is 0 Å². The van der Waals surface area contributed by atoms with E-state index in [4.69, 9.17) is 0 Å². The van der Waals surface area contributed by atoms with Crippen molar-refractivity contribution in [3.05, 3.63) is 64.3 Å². The summed E-state index contributed by atoms with van der Waals surface area (Å²) in [6.07, 6.45) is 8.05. The first-order valence-electron chi connectivity index (χ1n) is 7.89. The monoisotopic (exact) mass is 313 g/mol. The Hall–Kier alpha value is -2.43. The third-order valence-electron chi connectivity index (χ3n) is 4.04. The predicted octanol–water partition coefficient (Wildman–Crippen LogP) is 2.78. The summed E-state index contributed by atoms with van der Waals surface area (Å²) in [5.41, 5.74) is 0.914. The second kappa shape index (κ2) is 7.72. The highest BCUT2D eigenvalue weighted by molar-refractivity contribution is 5.93. The van der Waals surface area contributed by atoms with Gasteiger partial charge in [-0.25, -0.2) is 0 Å². The molecule has 0 N–H and O–H groups in total. The van der Waals surface area contributed by atoms with E-state index in [1.165, 1.54) is 4.57 Å². The van der Waals surface area contributed by atoms with Crippen LogP contribution >= 0.6 is 0 Å². The SMILES string of the molecule is CCCC[C@H](c1cccnc1)N(C)C(=O)c1cccn(C)c1=O. The molecule has 0 fully saturated rings. The van der Waals surface area contributed by atoms with Crippen LogP contribution in [-0.2, 0) is 7.05 Å². The fourth-order valence-corrected chi connectivity index (χ4v) is 2.65. The first-order valence-corrected chi connectivity index (χ1v) is 7.89. The Bertz CT molecular complexity index is 710. The van der Waals surface area contributed by atoms with Crippen molar-refractivity contribution in [2.24, 2.45) is 7.05 Å². The Morgan fingerprint density at radius 1 is 1.35 bits per heavy atom. The molecule has 0 unspecified atom stereocenters. The molecular formula is C18H23N3O2. The number of carbonyl (C=O) groups is 1. The van der Waals surface area contributed by atoms with Crippen LogP contribution in [0.15, 0.2) is 47.7 Å². The predicted molar refractivity (Wildman–Crippen MR) is 90.3 cm³/mol. The van der Waals surface area contributed by atoms with Gasteiger partial charge >= 0.3 is 0 Å². The van der Waals surface area contributed by atoms with Gasteiger partial charge in [0, 0.05) is 32.7 Å². The van der Waals surface area contributed by atoms with Gasteiger partial charge in [0.2, 0.25) is 0 Å². The molecule has 0 spiro atoms. The summed E-state index contributed by atoms with van der Waals surface area (Å²) in [4.78, 5) is 30.8. The minimum absolute atomic E-state index is 0.0823. The summed E-state index contributed by atoms with van der Waals surface area (Å²) in [7, 11) is 3.40. The summed E-state index contributed by atoms with van der Waals surface area (Å²) < 4.78 is 1.42. The van der Waals surface area contributed by atoms with Crippen molar-refractivity contribution < 1.29 is 4.79 Å². The van der Waals surface area contributed by atoms with Gasteiger partial charge in [0.1, 0.15) is 5.56 Å². The molecule has 122 valence electrons. The maximum atomic E-state index is 12.8. The molecule has 0 saturated heterocycles. The van der Waals surface area contributed by atoms with Crippen LogP contribution in [0.2, 0.25) is 0 Å². The summed E-state index contributed by atoms with van der Waals surface area (Å²) in [6.45, 7) is 2.12. The van der Waals surface area contributed by atoms with Gasteiger partial charge in [0.25, 0.3) is 11.5 Å². The van der Waals surface area contributed by atoms with E-state index in [-0.39, 0.29) is 23.1 Å². The van der Waals surface area contributed by atoms with Gasteiger partial charge in [-0.2, -0.15) is 0 Å². The molecule has 0 aromatic carbocycles. The van der Waals surface area contributed by atoms with E-state index in [2.05, 4.69) is 11.9 Å². The zero-order valence-corrected chi connectivity index (χ0v) is 13.9. The average molecular weight is 313 g/mol.